The predicted molar refractivity (Wildman–Crippen MR) is 111 cm³/mol. The molecule has 0 aliphatic heterocycles. The van der Waals surface area contributed by atoms with Crippen LogP contribution in [0, 0.1) is 12.8 Å². The smallest absolute Gasteiger partial charge is 0.265 e. The van der Waals surface area contributed by atoms with Crippen molar-refractivity contribution >= 4 is 28.7 Å². The van der Waals surface area contributed by atoms with E-state index in [1.54, 1.807) is 0 Å². The largest absolute Gasteiger partial charge is 0.321 e. The molecule has 4 heteroatoms. The zero-order valence-electron chi connectivity index (χ0n) is 15.2. The number of nitrogens with one attached hydrogen (secondary N) is 1. The molecule has 0 saturated heterocycles. The highest BCUT2D eigenvalue weighted by atomic mass is 32.1. The van der Waals surface area contributed by atoms with Crippen LogP contribution in [0.2, 0.25) is 0 Å². The lowest BCUT2D eigenvalue weighted by molar-refractivity contribution is 0.0974. The molecule has 1 N–H and O–H groups in total. The summed E-state index contributed by atoms with van der Waals surface area (Å²) in [5, 5.41) is 2.97. The second-order valence-corrected chi connectivity index (χ2v) is 8.17. The van der Waals surface area contributed by atoms with Gasteiger partial charge in [0.1, 0.15) is 0 Å². The fourth-order valence-electron chi connectivity index (χ4n) is 3.03. The SMILES string of the molecule is Cc1ccc(C(=O)CC2CC2)cc1NC(=O)c1ccc(-c2ccccc2)s1. The summed E-state index contributed by atoms with van der Waals surface area (Å²) in [6, 6.07) is 19.4. The van der Waals surface area contributed by atoms with Gasteiger partial charge in [0.15, 0.2) is 5.78 Å². The first-order valence-corrected chi connectivity index (χ1v) is 10.0. The Labute approximate surface area is 163 Å². The molecule has 2 aromatic carbocycles. The number of Topliss-reactive ketones (excluding diaryl/α,β-unsaturated/α-hetero) is 1. The minimum Gasteiger partial charge on any atom is -0.321 e. The molecular formula is C23H21NO2S. The summed E-state index contributed by atoms with van der Waals surface area (Å²) < 4.78 is 0. The molecule has 1 saturated carbocycles. The molecule has 3 aromatic rings. The molecule has 27 heavy (non-hydrogen) atoms. The van der Waals surface area contributed by atoms with Crippen LogP contribution in [0.4, 0.5) is 5.69 Å². The Morgan fingerprint density at radius 3 is 2.56 bits per heavy atom. The van der Waals surface area contributed by atoms with Gasteiger partial charge in [-0.2, -0.15) is 0 Å². The van der Waals surface area contributed by atoms with E-state index >= 15 is 0 Å². The number of aryl methyl sites for hydroxylation is 1. The monoisotopic (exact) mass is 375 g/mol. The van der Waals surface area contributed by atoms with Gasteiger partial charge in [0.2, 0.25) is 0 Å². The number of thiophene rings is 1. The number of ketones is 1. The maximum absolute atomic E-state index is 12.7. The summed E-state index contributed by atoms with van der Waals surface area (Å²) in [7, 11) is 0. The van der Waals surface area contributed by atoms with Gasteiger partial charge in [-0.3, -0.25) is 9.59 Å². The molecule has 1 aliphatic rings. The van der Waals surface area contributed by atoms with Crippen LogP contribution >= 0.6 is 11.3 Å². The van der Waals surface area contributed by atoms with Gasteiger partial charge in [-0.05, 0) is 55.0 Å². The van der Waals surface area contributed by atoms with Gasteiger partial charge < -0.3 is 5.32 Å². The highest BCUT2D eigenvalue weighted by Crippen LogP contribution is 2.34. The lowest BCUT2D eigenvalue weighted by atomic mass is 10.0. The Balaban J connectivity index is 1.51. The van der Waals surface area contributed by atoms with Crippen LogP contribution in [0.5, 0.6) is 0 Å². The van der Waals surface area contributed by atoms with E-state index in [1.807, 2.05) is 67.6 Å². The first-order valence-electron chi connectivity index (χ1n) is 9.20. The van der Waals surface area contributed by atoms with Crippen LogP contribution in [0.15, 0.2) is 60.7 Å². The third-order valence-corrected chi connectivity index (χ3v) is 6.00. The number of hydrogen-bond donors (Lipinski definition) is 1. The molecular weight excluding hydrogens is 354 g/mol. The summed E-state index contributed by atoms with van der Waals surface area (Å²) >= 11 is 1.47. The molecule has 1 heterocycles. The van der Waals surface area contributed by atoms with Crippen molar-refractivity contribution in [2.45, 2.75) is 26.2 Å². The fourth-order valence-corrected chi connectivity index (χ4v) is 3.94. The van der Waals surface area contributed by atoms with Crippen molar-refractivity contribution in [3.63, 3.8) is 0 Å². The number of amides is 1. The molecule has 0 unspecified atom stereocenters. The lowest BCUT2D eigenvalue weighted by Crippen LogP contribution is -2.12. The van der Waals surface area contributed by atoms with E-state index < -0.39 is 0 Å². The summed E-state index contributed by atoms with van der Waals surface area (Å²) in [5.41, 5.74) is 3.44. The molecule has 0 radical (unpaired) electrons. The van der Waals surface area contributed by atoms with Gasteiger partial charge in [-0.25, -0.2) is 0 Å². The zero-order valence-corrected chi connectivity index (χ0v) is 16.0. The normalized spacial score (nSPS) is 13.4. The van der Waals surface area contributed by atoms with Crippen LogP contribution < -0.4 is 5.32 Å². The van der Waals surface area contributed by atoms with Crippen molar-refractivity contribution in [1.82, 2.24) is 0 Å². The third kappa shape index (κ3) is 4.17. The Morgan fingerprint density at radius 1 is 1.04 bits per heavy atom. The van der Waals surface area contributed by atoms with E-state index in [0.29, 0.717) is 28.5 Å². The molecule has 3 nitrogen and oxygen atoms in total. The molecule has 0 bridgehead atoms. The second kappa shape index (κ2) is 7.49. The number of rotatable bonds is 6. The topological polar surface area (TPSA) is 46.2 Å². The van der Waals surface area contributed by atoms with Crippen molar-refractivity contribution in [3.8, 4) is 10.4 Å². The van der Waals surface area contributed by atoms with Crippen LogP contribution in [0.25, 0.3) is 10.4 Å². The van der Waals surface area contributed by atoms with Crippen molar-refractivity contribution in [1.29, 1.82) is 0 Å². The highest BCUT2D eigenvalue weighted by Gasteiger charge is 2.25. The minimum absolute atomic E-state index is 0.142. The van der Waals surface area contributed by atoms with Crippen molar-refractivity contribution < 1.29 is 9.59 Å². The number of carbonyl (C=O) groups excluding carboxylic acids is 2. The maximum Gasteiger partial charge on any atom is 0.265 e. The zero-order chi connectivity index (χ0) is 18.8. The van der Waals surface area contributed by atoms with E-state index in [9.17, 15) is 9.59 Å². The average Bonchev–Trinajstić information content (AvgIpc) is 3.35. The molecule has 0 spiro atoms. The van der Waals surface area contributed by atoms with Crippen LogP contribution in [0.3, 0.4) is 0 Å². The molecule has 1 fully saturated rings. The number of anilines is 1. The molecule has 136 valence electrons. The Morgan fingerprint density at radius 2 is 1.81 bits per heavy atom. The Hall–Kier alpha value is -2.72. The highest BCUT2D eigenvalue weighted by molar-refractivity contribution is 7.17. The van der Waals surface area contributed by atoms with Gasteiger partial charge in [0.05, 0.1) is 4.88 Å². The van der Waals surface area contributed by atoms with Crippen LogP contribution in [-0.2, 0) is 0 Å². The second-order valence-electron chi connectivity index (χ2n) is 7.08. The average molecular weight is 375 g/mol. The molecule has 1 amide bonds. The van der Waals surface area contributed by atoms with Gasteiger partial charge in [-0.15, -0.1) is 11.3 Å². The van der Waals surface area contributed by atoms with E-state index in [-0.39, 0.29) is 11.7 Å². The molecule has 1 aliphatic carbocycles. The van der Waals surface area contributed by atoms with Gasteiger partial charge >= 0.3 is 0 Å². The third-order valence-electron chi connectivity index (χ3n) is 4.87. The van der Waals surface area contributed by atoms with Crippen molar-refractivity contribution in [2.75, 3.05) is 5.32 Å². The van der Waals surface area contributed by atoms with Gasteiger partial charge in [-0.1, -0.05) is 42.5 Å². The number of carbonyl (C=O) groups is 2. The summed E-state index contributed by atoms with van der Waals surface area (Å²) in [5.74, 6) is 0.576. The van der Waals surface area contributed by atoms with Crippen molar-refractivity contribution in [3.05, 3.63) is 76.7 Å². The van der Waals surface area contributed by atoms with Crippen LogP contribution in [-0.4, -0.2) is 11.7 Å². The fraction of sp³-hybridized carbons (Fsp3) is 0.217. The van der Waals surface area contributed by atoms with Crippen molar-refractivity contribution in [2.24, 2.45) is 5.92 Å². The number of hydrogen-bond acceptors (Lipinski definition) is 3. The minimum atomic E-state index is -0.142. The summed E-state index contributed by atoms with van der Waals surface area (Å²) in [6.07, 6.45) is 2.93. The Kier molecular flexibility index (Phi) is 4.90. The van der Waals surface area contributed by atoms with E-state index in [4.69, 9.17) is 0 Å². The molecule has 0 atom stereocenters. The van der Waals surface area contributed by atoms with E-state index in [2.05, 4.69) is 5.32 Å². The van der Waals surface area contributed by atoms with E-state index in [1.165, 1.54) is 11.3 Å². The van der Waals surface area contributed by atoms with Gasteiger partial charge in [0.25, 0.3) is 5.91 Å². The number of benzene rings is 2. The summed E-state index contributed by atoms with van der Waals surface area (Å²) in [6.45, 7) is 1.94. The standard InChI is InChI=1S/C23H21NO2S/c1-15-7-10-18(20(25)13-16-8-9-16)14-19(15)24-23(26)22-12-11-21(27-22)17-5-3-2-4-6-17/h2-7,10-12,14,16H,8-9,13H2,1H3,(H,24,26). The maximum atomic E-state index is 12.7. The molecule has 4 rings (SSSR count). The van der Waals surface area contributed by atoms with Crippen LogP contribution in [0.1, 0.15) is 44.9 Å². The Bertz CT molecular complexity index is 987. The lowest BCUT2D eigenvalue weighted by Gasteiger charge is -2.10. The quantitative estimate of drug-likeness (QED) is 0.540. The first-order chi connectivity index (χ1) is 13.1. The summed E-state index contributed by atoms with van der Waals surface area (Å²) in [4.78, 5) is 26.8. The van der Waals surface area contributed by atoms with Gasteiger partial charge in [0, 0.05) is 22.5 Å². The van der Waals surface area contributed by atoms with E-state index in [0.717, 1.165) is 28.8 Å². The molecule has 1 aromatic heterocycles. The predicted octanol–water partition coefficient (Wildman–Crippen LogP) is 5.96. The first kappa shape index (κ1) is 17.7.